The second-order valence-electron chi connectivity index (χ2n) is 8.08. The highest BCUT2D eigenvalue weighted by molar-refractivity contribution is 14.1. The first-order valence-electron chi connectivity index (χ1n) is 8.67. The summed E-state index contributed by atoms with van der Waals surface area (Å²) in [5.74, 6) is 0.405. The number of hydrogen-bond acceptors (Lipinski definition) is 1. The van der Waals surface area contributed by atoms with Gasteiger partial charge in [-0.25, -0.2) is 0 Å². The Kier molecular flexibility index (Phi) is 3.36. The molecule has 2 aromatic carbocycles. The molecule has 2 heteroatoms. The number of carbonyl (C=O) groups excluding carboxylic acids is 1. The number of carbonyl (C=O) groups is 1. The summed E-state index contributed by atoms with van der Waals surface area (Å²) < 4.78 is -0.510. The molecule has 2 bridgehead atoms. The largest absolute Gasteiger partial charge is 0.297 e. The lowest BCUT2D eigenvalue weighted by Crippen LogP contribution is -2.49. The molecule has 2 aromatic rings. The van der Waals surface area contributed by atoms with Gasteiger partial charge in [0.1, 0.15) is 3.42 Å². The van der Waals surface area contributed by atoms with Crippen LogP contribution in [0.5, 0.6) is 0 Å². The van der Waals surface area contributed by atoms with Gasteiger partial charge in [-0.05, 0) is 29.4 Å². The van der Waals surface area contributed by atoms with Crippen LogP contribution in [0.4, 0.5) is 0 Å². The van der Waals surface area contributed by atoms with Gasteiger partial charge in [0.25, 0.3) is 0 Å². The van der Waals surface area contributed by atoms with Crippen LogP contribution in [0.2, 0.25) is 0 Å². The van der Waals surface area contributed by atoms with E-state index in [4.69, 9.17) is 0 Å². The molecule has 2 fully saturated rings. The van der Waals surface area contributed by atoms with E-state index in [1.54, 1.807) is 0 Å². The van der Waals surface area contributed by atoms with Gasteiger partial charge in [0.15, 0.2) is 5.78 Å². The third kappa shape index (κ3) is 1.55. The highest BCUT2D eigenvalue weighted by Crippen LogP contribution is 2.79. The second kappa shape index (κ2) is 4.94. The molecule has 0 aliphatic heterocycles. The fourth-order valence-electron chi connectivity index (χ4n) is 5.58. The van der Waals surface area contributed by atoms with E-state index >= 15 is 0 Å². The number of ketones is 1. The van der Waals surface area contributed by atoms with E-state index in [0.717, 1.165) is 18.4 Å². The molecule has 3 unspecified atom stereocenters. The lowest BCUT2D eigenvalue weighted by molar-refractivity contribution is -0.130. The van der Waals surface area contributed by atoms with Gasteiger partial charge >= 0.3 is 0 Å². The SMILES string of the molecule is CC12CCC(c3ccccc3)(C(I)(c3ccccc3)C1=O)C2(C)C. The van der Waals surface area contributed by atoms with Crippen molar-refractivity contribution in [1.29, 1.82) is 0 Å². The summed E-state index contributed by atoms with van der Waals surface area (Å²) in [6, 6.07) is 21.2. The van der Waals surface area contributed by atoms with Gasteiger partial charge in [-0.3, -0.25) is 4.79 Å². The Hall–Kier alpha value is -1.16. The number of fused-ring (bicyclic) bond motifs is 2. The maximum Gasteiger partial charge on any atom is 0.160 e. The fourth-order valence-corrected chi connectivity index (χ4v) is 7.79. The summed E-state index contributed by atoms with van der Waals surface area (Å²) in [4.78, 5) is 13.8. The Labute approximate surface area is 158 Å². The molecule has 2 aliphatic rings. The summed E-state index contributed by atoms with van der Waals surface area (Å²) in [6.45, 7) is 6.83. The average Bonchev–Trinajstić information content (AvgIpc) is 2.88. The van der Waals surface area contributed by atoms with Crippen LogP contribution >= 0.6 is 22.6 Å². The smallest absolute Gasteiger partial charge is 0.160 e. The lowest BCUT2D eigenvalue weighted by Gasteiger charge is -2.47. The predicted octanol–water partition coefficient (Wildman–Crippen LogP) is 5.66. The fraction of sp³-hybridized carbons (Fsp3) is 0.409. The van der Waals surface area contributed by atoms with Crippen LogP contribution in [0.1, 0.15) is 44.7 Å². The number of benzene rings is 2. The minimum absolute atomic E-state index is 0.0878. The average molecular weight is 430 g/mol. The van der Waals surface area contributed by atoms with E-state index < -0.39 is 3.42 Å². The van der Waals surface area contributed by atoms with Crippen LogP contribution in [0, 0.1) is 10.8 Å². The topological polar surface area (TPSA) is 17.1 Å². The molecule has 2 saturated carbocycles. The molecule has 2 aliphatic carbocycles. The van der Waals surface area contributed by atoms with Crippen LogP contribution in [0.25, 0.3) is 0 Å². The number of rotatable bonds is 2. The van der Waals surface area contributed by atoms with Crippen LogP contribution < -0.4 is 0 Å². The zero-order valence-electron chi connectivity index (χ0n) is 14.5. The van der Waals surface area contributed by atoms with Crippen LogP contribution in [0.15, 0.2) is 60.7 Å². The lowest BCUT2D eigenvalue weighted by atomic mass is 9.59. The molecule has 0 radical (unpaired) electrons. The molecular formula is C22H23IO. The van der Waals surface area contributed by atoms with E-state index in [1.165, 1.54) is 5.56 Å². The summed E-state index contributed by atoms with van der Waals surface area (Å²) in [7, 11) is 0. The Balaban J connectivity index is 2.09. The molecule has 3 atom stereocenters. The molecule has 0 aromatic heterocycles. The zero-order chi connectivity index (χ0) is 17.2. The molecule has 0 saturated heterocycles. The van der Waals surface area contributed by atoms with Crippen LogP contribution in [0.3, 0.4) is 0 Å². The molecular weight excluding hydrogens is 407 g/mol. The summed E-state index contributed by atoms with van der Waals surface area (Å²) in [6.07, 6.45) is 2.04. The first kappa shape index (κ1) is 16.3. The van der Waals surface area contributed by atoms with Crippen molar-refractivity contribution >= 4 is 28.4 Å². The Morgan fingerprint density at radius 3 is 1.83 bits per heavy atom. The summed E-state index contributed by atoms with van der Waals surface area (Å²) >= 11 is 2.49. The van der Waals surface area contributed by atoms with E-state index in [2.05, 4.69) is 98.0 Å². The molecule has 1 nitrogen and oxygen atoms in total. The standard InChI is InChI=1S/C22H23IO/c1-19(2)20(3)14-15-21(19,16-10-6-4-7-11-16)22(23,18(20)24)17-12-8-5-9-13-17/h4-13H,14-15H2,1-3H3. The first-order chi connectivity index (χ1) is 11.3. The molecule has 124 valence electrons. The van der Waals surface area contributed by atoms with Gasteiger partial charge in [-0.1, -0.05) is 104 Å². The van der Waals surface area contributed by atoms with Gasteiger partial charge in [-0.2, -0.15) is 0 Å². The quantitative estimate of drug-likeness (QED) is 0.444. The highest BCUT2D eigenvalue weighted by atomic mass is 127. The van der Waals surface area contributed by atoms with Crippen molar-refractivity contribution in [2.45, 2.75) is 42.4 Å². The number of Topliss-reactive ketones (excluding diaryl/α,β-unsaturated/α-hetero) is 1. The third-order valence-corrected chi connectivity index (χ3v) is 9.32. The van der Waals surface area contributed by atoms with Gasteiger partial charge in [0.2, 0.25) is 0 Å². The summed E-state index contributed by atoms with van der Waals surface area (Å²) in [5.41, 5.74) is 1.92. The van der Waals surface area contributed by atoms with Gasteiger partial charge in [-0.15, -0.1) is 0 Å². The predicted molar refractivity (Wildman–Crippen MR) is 106 cm³/mol. The molecule has 0 spiro atoms. The minimum atomic E-state index is -0.510. The van der Waals surface area contributed by atoms with Gasteiger partial charge in [0.05, 0.1) is 0 Å². The van der Waals surface area contributed by atoms with Crippen molar-refractivity contribution in [2.75, 3.05) is 0 Å². The van der Waals surface area contributed by atoms with Crippen molar-refractivity contribution in [3.05, 3.63) is 71.8 Å². The van der Waals surface area contributed by atoms with E-state index in [-0.39, 0.29) is 16.2 Å². The van der Waals surface area contributed by atoms with Crippen molar-refractivity contribution < 1.29 is 4.79 Å². The second-order valence-corrected chi connectivity index (χ2v) is 9.70. The Bertz CT molecular complexity index is 797. The first-order valence-corrected chi connectivity index (χ1v) is 9.75. The maximum atomic E-state index is 13.8. The maximum absolute atomic E-state index is 13.8. The van der Waals surface area contributed by atoms with Gasteiger partial charge < -0.3 is 0 Å². The molecule has 24 heavy (non-hydrogen) atoms. The van der Waals surface area contributed by atoms with Crippen molar-refractivity contribution in [3.63, 3.8) is 0 Å². The van der Waals surface area contributed by atoms with Crippen molar-refractivity contribution in [2.24, 2.45) is 10.8 Å². The van der Waals surface area contributed by atoms with Gasteiger partial charge in [0, 0.05) is 10.8 Å². The summed E-state index contributed by atoms with van der Waals surface area (Å²) in [5, 5.41) is 0. The minimum Gasteiger partial charge on any atom is -0.297 e. The highest BCUT2D eigenvalue weighted by Gasteiger charge is 2.80. The van der Waals surface area contributed by atoms with E-state index in [9.17, 15) is 4.79 Å². The Morgan fingerprint density at radius 1 is 0.792 bits per heavy atom. The zero-order valence-corrected chi connectivity index (χ0v) is 16.6. The molecule has 0 N–H and O–H groups in total. The number of hydrogen-bond donors (Lipinski definition) is 0. The number of halogens is 1. The monoisotopic (exact) mass is 430 g/mol. The number of alkyl halides is 1. The van der Waals surface area contributed by atoms with E-state index in [1.807, 2.05) is 6.07 Å². The Morgan fingerprint density at radius 2 is 1.29 bits per heavy atom. The third-order valence-electron chi connectivity index (χ3n) is 7.29. The van der Waals surface area contributed by atoms with E-state index in [0.29, 0.717) is 5.78 Å². The molecule has 0 heterocycles. The van der Waals surface area contributed by atoms with Crippen LogP contribution in [-0.4, -0.2) is 5.78 Å². The van der Waals surface area contributed by atoms with Crippen LogP contribution in [-0.2, 0) is 13.6 Å². The normalized spacial score (nSPS) is 36.9. The van der Waals surface area contributed by atoms with Crippen molar-refractivity contribution in [3.8, 4) is 0 Å². The molecule has 0 amide bonds. The van der Waals surface area contributed by atoms with Crippen molar-refractivity contribution in [1.82, 2.24) is 0 Å². The molecule has 4 rings (SSSR count).